The van der Waals surface area contributed by atoms with Gasteiger partial charge in [-0.3, -0.25) is 4.79 Å². The average Bonchev–Trinajstić information content (AvgIpc) is 3.09. The normalized spacial score (nSPS) is 14.6. The van der Waals surface area contributed by atoms with Crippen LogP contribution in [0.2, 0.25) is 0 Å². The Morgan fingerprint density at radius 3 is 2.42 bits per heavy atom. The number of hydrogen-bond donors (Lipinski definition) is 1. The Kier molecular flexibility index (Phi) is 6.79. The van der Waals surface area contributed by atoms with E-state index in [1.807, 2.05) is 12.1 Å². The number of carbonyl (C=O) groups excluding carboxylic acids is 2. The van der Waals surface area contributed by atoms with Crippen molar-refractivity contribution < 1.29 is 28.9 Å². The molecule has 1 N–H and O–H groups in total. The average molecular weight is 356 g/mol. The van der Waals surface area contributed by atoms with Gasteiger partial charge >= 0.3 is 11.9 Å². The lowest BCUT2D eigenvalue weighted by molar-refractivity contribution is -0.142. The lowest BCUT2D eigenvalue weighted by atomic mass is 9.99. The Morgan fingerprint density at radius 2 is 1.85 bits per heavy atom. The molecule has 2 aromatic carbocycles. The van der Waals surface area contributed by atoms with Gasteiger partial charge < -0.3 is 19.3 Å². The van der Waals surface area contributed by atoms with Gasteiger partial charge in [-0.1, -0.05) is 24.3 Å². The molecule has 0 aliphatic carbocycles. The Hall–Kier alpha value is -3.28. The highest BCUT2D eigenvalue weighted by Gasteiger charge is 2.31. The van der Waals surface area contributed by atoms with Gasteiger partial charge in [-0.05, 0) is 35.9 Å². The molecule has 6 nitrogen and oxygen atoms in total. The quantitative estimate of drug-likeness (QED) is 0.673. The number of benzene rings is 2. The first-order chi connectivity index (χ1) is 12.5. The van der Waals surface area contributed by atoms with Crippen LogP contribution in [-0.2, 0) is 19.1 Å². The topological polar surface area (TPSA) is 82.1 Å². The highest BCUT2D eigenvalue weighted by atomic mass is 16.5. The van der Waals surface area contributed by atoms with E-state index in [1.165, 1.54) is 20.3 Å². The summed E-state index contributed by atoms with van der Waals surface area (Å²) in [4.78, 5) is 22.6. The smallest absolute Gasteiger partial charge is 0.330 e. The van der Waals surface area contributed by atoms with Crippen molar-refractivity contribution in [3.8, 4) is 11.5 Å². The SMILES string of the molecule is COC(=O)/C=C/c1ccc2c(c1)C(C(=O)OC)CO2.Oc1ccccc1. The van der Waals surface area contributed by atoms with Gasteiger partial charge in [-0.25, -0.2) is 4.79 Å². The maximum Gasteiger partial charge on any atom is 0.330 e. The minimum atomic E-state index is -0.429. The van der Waals surface area contributed by atoms with Gasteiger partial charge in [0.2, 0.25) is 0 Å². The lowest BCUT2D eigenvalue weighted by Gasteiger charge is -2.06. The molecular formula is C20H20O6. The molecule has 0 saturated heterocycles. The molecule has 0 aromatic heterocycles. The van der Waals surface area contributed by atoms with Crippen molar-refractivity contribution in [3.05, 3.63) is 65.7 Å². The summed E-state index contributed by atoms with van der Waals surface area (Å²) in [5.74, 6) is -0.172. The lowest BCUT2D eigenvalue weighted by Crippen LogP contribution is -2.15. The first-order valence-corrected chi connectivity index (χ1v) is 7.89. The van der Waals surface area contributed by atoms with Crippen LogP contribution in [0, 0.1) is 0 Å². The zero-order chi connectivity index (χ0) is 18.9. The van der Waals surface area contributed by atoms with E-state index in [0.717, 1.165) is 11.1 Å². The predicted molar refractivity (Wildman–Crippen MR) is 95.9 cm³/mol. The van der Waals surface area contributed by atoms with Crippen LogP contribution < -0.4 is 4.74 Å². The molecule has 3 rings (SSSR count). The molecule has 0 spiro atoms. The Morgan fingerprint density at radius 1 is 1.12 bits per heavy atom. The molecule has 1 aliphatic heterocycles. The van der Waals surface area contributed by atoms with Crippen molar-refractivity contribution in [2.45, 2.75) is 5.92 Å². The third-order valence-corrected chi connectivity index (χ3v) is 3.67. The minimum Gasteiger partial charge on any atom is -0.508 e. The van der Waals surface area contributed by atoms with E-state index in [1.54, 1.807) is 42.5 Å². The molecule has 26 heavy (non-hydrogen) atoms. The zero-order valence-corrected chi connectivity index (χ0v) is 14.5. The van der Waals surface area contributed by atoms with E-state index in [-0.39, 0.29) is 12.6 Å². The fourth-order valence-electron chi connectivity index (χ4n) is 2.33. The molecule has 2 aromatic rings. The number of fused-ring (bicyclic) bond motifs is 1. The van der Waals surface area contributed by atoms with E-state index in [0.29, 0.717) is 11.5 Å². The number of carbonyl (C=O) groups is 2. The predicted octanol–water partition coefficient (Wildman–Crippen LogP) is 2.91. The fourth-order valence-corrected chi connectivity index (χ4v) is 2.33. The monoisotopic (exact) mass is 356 g/mol. The maximum atomic E-state index is 11.6. The van der Waals surface area contributed by atoms with Crippen LogP contribution in [0.1, 0.15) is 17.0 Å². The number of aromatic hydroxyl groups is 1. The van der Waals surface area contributed by atoms with Crippen molar-refractivity contribution in [1.29, 1.82) is 0 Å². The second kappa shape index (κ2) is 9.27. The van der Waals surface area contributed by atoms with Crippen LogP contribution in [0.15, 0.2) is 54.6 Å². The molecule has 1 unspecified atom stereocenters. The van der Waals surface area contributed by atoms with E-state index >= 15 is 0 Å². The third kappa shape index (κ3) is 5.11. The van der Waals surface area contributed by atoms with E-state index < -0.39 is 11.9 Å². The standard InChI is InChI=1S/C14H14O5.C6H6O/c1-17-13(15)6-4-9-3-5-12-10(7-9)11(8-19-12)14(16)18-2;7-6-4-2-1-3-5-6/h3-7,11H,8H2,1-2H3;1-5,7H/b6-4+;. The van der Waals surface area contributed by atoms with Crippen molar-refractivity contribution >= 4 is 18.0 Å². The van der Waals surface area contributed by atoms with E-state index in [4.69, 9.17) is 14.6 Å². The Labute approximate surface area is 151 Å². The fraction of sp³-hybridized carbons (Fsp3) is 0.200. The van der Waals surface area contributed by atoms with Crippen LogP contribution in [0.4, 0.5) is 0 Å². The summed E-state index contributed by atoms with van der Waals surface area (Å²) >= 11 is 0. The molecule has 0 saturated carbocycles. The number of phenols is 1. The number of para-hydroxylation sites is 1. The van der Waals surface area contributed by atoms with Crippen molar-refractivity contribution in [2.24, 2.45) is 0 Å². The van der Waals surface area contributed by atoms with Crippen LogP contribution in [0.25, 0.3) is 6.08 Å². The molecule has 136 valence electrons. The molecule has 6 heteroatoms. The number of esters is 2. The molecule has 0 amide bonds. The largest absolute Gasteiger partial charge is 0.508 e. The van der Waals surface area contributed by atoms with Gasteiger partial charge in [0.05, 0.1) is 14.2 Å². The van der Waals surface area contributed by atoms with Crippen molar-refractivity contribution in [2.75, 3.05) is 20.8 Å². The van der Waals surface area contributed by atoms with Crippen LogP contribution >= 0.6 is 0 Å². The van der Waals surface area contributed by atoms with Crippen molar-refractivity contribution in [3.63, 3.8) is 0 Å². The number of hydrogen-bond acceptors (Lipinski definition) is 6. The molecule has 1 atom stereocenters. The van der Waals surface area contributed by atoms with Gasteiger partial charge in [0, 0.05) is 11.6 Å². The summed E-state index contributed by atoms with van der Waals surface area (Å²) in [7, 11) is 2.66. The Bertz CT molecular complexity index is 782. The van der Waals surface area contributed by atoms with Gasteiger partial charge in [0.25, 0.3) is 0 Å². The van der Waals surface area contributed by atoms with Gasteiger partial charge in [-0.2, -0.15) is 0 Å². The molecular weight excluding hydrogens is 336 g/mol. The van der Waals surface area contributed by atoms with Crippen LogP contribution in [-0.4, -0.2) is 37.9 Å². The summed E-state index contributed by atoms with van der Waals surface area (Å²) in [5.41, 5.74) is 1.57. The first-order valence-electron chi connectivity index (χ1n) is 7.89. The molecule has 0 fully saturated rings. The van der Waals surface area contributed by atoms with Gasteiger partial charge in [0.1, 0.15) is 24.0 Å². The summed E-state index contributed by atoms with van der Waals surface area (Å²) in [5, 5.41) is 8.63. The molecule has 1 heterocycles. The third-order valence-electron chi connectivity index (χ3n) is 3.67. The first kappa shape index (κ1) is 19.1. The molecule has 1 aliphatic rings. The number of ether oxygens (including phenoxy) is 3. The second-order valence-corrected chi connectivity index (χ2v) is 5.38. The van der Waals surface area contributed by atoms with Crippen molar-refractivity contribution in [1.82, 2.24) is 0 Å². The highest BCUT2D eigenvalue weighted by molar-refractivity contribution is 5.87. The summed E-state index contributed by atoms with van der Waals surface area (Å²) in [6, 6.07) is 14.1. The number of rotatable bonds is 3. The summed E-state index contributed by atoms with van der Waals surface area (Å²) in [6.45, 7) is 0.284. The molecule has 0 radical (unpaired) electrons. The van der Waals surface area contributed by atoms with E-state index in [9.17, 15) is 9.59 Å². The minimum absolute atomic E-state index is 0.284. The maximum absolute atomic E-state index is 11.6. The second-order valence-electron chi connectivity index (χ2n) is 5.38. The summed E-state index contributed by atoms with van der Waals surface area (Å²) in [6.07, 6.45) is 2.95. The summed E-state index contributed by atoms with van der Waals surface area (Å²) < 4.78 is 14.7. The van der Waals surface area contributed by atoms with Gasteiger partial charge in [-0.15, -0.1) is 0 Å². The Balaban J connectivity index is 0.000000290. The van der Waals surface area contributed by atoms with Crippen LogP contribution in [0.5, 0.6) is 11.5 Å². The number of methoxy groups -OCH3 is 2. The molecule has 0 bridgehead atoms. The zero-order valence-electron chi connectivity index (χ0n) is 14.5. The van der Waals surface area contributed by atoms with Crippen LogP contribution in [0.3, 0.4) is 0 Å². The number of phenolic OH excluding ortho intramolecular Hbond substituents is 1. The van der Waals surface area contributed by atoms with E-state index in [2.05, 4.69) is 4.74 Å². The highest BCUT2D eigenvalue weighted by Crippen LogP contribution is 2.35. The van der Waals surface area contributed by atoms with Gasteiger partial charge in [0.15, 0.2) is 0 Å².